The van der Waals surface area contributed by atoms with Crippen LogP contribution in [0.3, 0.4) is 0 Å². The standard InChI is InChI=1S/C10H7NS.ClH/c11-5-3-8-1-2-10-9(7-8)4-6-12-10;/h1-2,4,6-7H,3H2;1H. The average Bonchev–Trinajstić information content (AvgIpc) is 2.51. The van der Waals surface area contributed by atoms with E-state index in [0.717, 1.165) is 5.56 Å². The molecule has 0 N–H and O–H groups in total. The normalized spacial score (nSPS) is 9.15. The Morgan fingerprint density at radius 2 is 2.15 bits per heavy atom. The van der Waals surface area contributed by atoms with Crippen LogP contribution in [0.25, 0.3) is 10.1 Å². The minimum absolute atomic E-state index is 0. The van der Waals surface area contributed by atoms with Gasteiger partial charge in [-0.15, -0.1) is 23.7 Å². The molecule has 0 radical (unpaired) electrons. The van der Waals surface area contributed by atoms with Gasteiger partial charge in [-0.1, -0.05) is 6.07 Å². The third kappa shape index (κ3) is 2.00. The molecule has 0 fully saturated rings. The van der Waals surface area contributed by atoms with Gasteiger partial charge < -0.3 is 0 Å². The number of nitriles is 1. The molecule has 0 bridgehead atoms. The molecule has 1 heterocycles. The molecule has 0 aliphatic heterocycles. The molecule has 0 atom stereocenters. The summed E-state index contributed by atoms with van der Waals surface area (Å²) in [6.45, 7) is 0. The van der Waals surface area contributed by atoms with Crippen molar-refractivity contribution in [3.05, 3.63) is 35.2 Å². The Morgan fingerprint density at radius 1 is 1.31 bits per heavy atom. The first-order valence-electron chi connectivity index (χ1n) is 3.73. The fourth-order valence-corrected chi connectivity index (χ4v) is 1.99. The summed E-state index contributed by atoms with van der Waals surface area (Å²) in [6, 6.07) is 10.4. The summed E-state index contributed by atoms with van der Waals surface area (Å²) >= 11 is 1.73. The molecule has 0 unspecified atom stereocenters. The molecule has 0 saturated carbocycles. The first-order chi connectivity index (χ1) is 5.90. The molecule has 1 nitrogen and oxygen atoms in total. The lowest BCUT2D eigenvalue weighted by molar-refractivity contribution is 1.27. The number of fused-ring (bicyclic) bond motifs is 1. The zero-order chi connectivity index (χ0) is 8.39. The summed E-state index contributed by atoms with van der Waals surface area (Å²) in [7, 11) is 0. The molecule has 1 aromatic heterocycles. The minimum Gasteiger partial charge on any atom is -0.198 e. The summed E-state index contributed by atoms with van der Waals surface area (Å²) in [4.78, 5) is 0. The maximum absolute atomic E-state index is 8.49. The number of hydrogen-bond acceptors (Lipinski definition) is 2. The van der Waals surface area contributed by atoms with Crippen LogP contribution in [0.1, 0.15) is 5.56 Å². The molecule has 13 heavy (non-hydrogen) atoms. The number of thiophene rings is 1. The van der Waals surface area contributed by atoms with Crippen molar-refractivity contribution in [1.82, 2.24) is 0 Å². The fraction of sp³-hybridized carbons (Fsp3) is 0.100. The smallest absolute Gasteiger partial charge is 0.0669 e. The first-order valence-corrected chi connectivity index (χ1v) is 4.61. The second kappa shape index (κ2) is 4.27. The average molecular weight is 210 g/mol. The fourth-order valence-electron chi connectivity index (χ4n) is 1.22. The zero-order valence-electron chi connectivity index (χ0n) is 6.86. The van der Waals surface area contributed by atoms with E-state index in [1.165, 1.54) is 10.1 Å². The van der Waals surface area contributed by atoms with Crippen molar-refractivity contribution in [2.75, 3.05) is 0 Å². The first kappa shape index (κ1) is 10.0. The summed E-state index contributed by atoms with van der Waals surface area (Å²) in [6.07, 6.45) is 0.506. The predicted molar refractivity (Wildman–Crippen MR) is 58.4 cm³/mol. The summed E-state index contributed by atoms with van der Waals surface area (Å²) in [5.74, 6) is 0. The van der Waals surface area contributed by atoms with Crippen LogP contribution in [0.15, 0.2) is 29.6 Å². The summed E-state index contributed by atoms with van der Waals surface area (Å²) in [5.41, 5.74) is 1.10. The van der Waals surface area contributed by atoms with E-state index in [1.54, 1.807) is 11.3 Å². The van der Waals surface area contributed by atoms with Crippen LogP contribution in [0.4, 0.5) is 0 Å². The van der Waals surface area contributed by atoms with E-state index in [4.69, 9.17) is 5.26 Å². The van der Waals surface area contributed by atoms with Gasteiger partial charge in [-0.25, -0.2) is 0 Å². The van der Waals surface area contributed by atoms with Gasteiger partial charge in [0.15, 0.2) is 0 Å². The lowest BCUT2D eigenvalue weighted by atomic mass is 10.1. The molecule has 3 heteroatoms. The maximum Gasteiger partial charge on any atom is 0.0669 e. The van der Waals surface area contributed by atoms with Crippen LogP contribution in [-0.4, -0.2) is 0 Å². The van der Waals surface area contributed by atoms with Gasteiger partial charge in [0.05, 0.1) is 12.5 Å². The molecular weight excluding hydrogens is 202 g/mol. The van der Waals surface area contributed by atoms with Crippen molar-refractivity contribution < 1.29 is 0 Å². The molecule has 0 aliphatic rings. The highest BCUT2D eigenvalue weighted by Gasteiger charge is 1.95. The molecule has 0 amide bonds. The van der Waals surface area contributed by atoms with E-state index in [1.807, 2.05) is 6.07 Å². The Bertz CT molecular complexity index is 441. The lowest BCUT2D eigenvalue weighted by Crippen LogP contribution is -1.78. The highest BCUT2D eigenvalue weighted by Crippen LogP contribution is 2.21. The molecule has 2 aromatic rings. The van der Waals surface area contributed by atoms with Crippen molar-refractivity contribution in [2.24, 2.45) is 0 Å². The molecule has 2 rings (SSSR count). The number of rotatable bonds is 1. The van der Waals surface area contributed by atoms with Crippen molar-refractivity contribution in [1.29, 1.82) is 5.26 Å². The van der Waals surface area contributed by atoms with Gasteiger partial charge in [0.2, 0.25) is 0 Å². The van der Waals surface area contributed by atoms with Crippen LogP contribution >= 0.6 is 23.7 Å². The Kier molecular flexibility index (Phi) is 3.30. The zero-order valence-corrected chi connectivity index (χ0v) is 8.49. The van der Waals surface area contributed by atoms with Crippen LogP contribution in [0.2, 0.25) is 0 Å². The van der Waals surface area contributed by atoms with Gasteiger partial charge >= 0.3 is 0 Å². The van der Waals surface area contributed by atoms with E-state index < -0.39 is 0 Å². The maximum atomic E-state index is 8.49. The Hall–Kier alpha value is -1.04. The summed E-state index contributed by atoms with van der Waals surface area (Å²) in [5, 5.41) is 11.8. The number of benzene rings is 1. The molecular formula is C10H8ClNS. The van der Waals surface area contributed by atoms with Crippen LogP contribution in [0, 0.1) is 11.3 Å². The predicted octanol–water partition coefficient (Wildman–Crippen LogP) is 3.39. The largest absolute Gasteiger partial charge is 0.198 e. The molecule has 66 valence electrons. The number of nitrogens with zero attached hydrogens (tertiary/aromatic N) is 1. The van der Waals surface area contributed by atoms with Crippen LogP contribution in [-0.2, 0) is 6.42 Å². The second-order valence-corrected chi connectivity index (χ2v) is 3.58. The van der Waals surface area contributed by atoms with Crippen LogP contribution < -0.4 is 0 Å². The number of halogens is 1. The lowest BCUT2D eigenvalue weighted by Gasteiger charge is -1.93. The Morgan fingerprint density at radius 3 is 2.92 bits per heavy atom. The molecule has 1 aromatic carbocycles. The van der Waals surface area contributed by atoms with Gasteiger partial charge in [0.1, 0.15) is 0 Å². The van der Waals surface area contributed by atoms with Gasteiger partial charge in [0.25, 0.3) is 0 Å². The van der Waals surface area contributed by atoms with Gasteiger partial charge in [-0.3, -0.25) is 0 Å². The number of hydrogen-bond donors (Lipinski definition) is 0. The quantitative estimate of drug-likeness (QED) is 0.707. The third-order valence-corrected chi connectivity index (χ3v) is 2.70. The topological polar surface area (TPSA) is 23.8 Å². The SMILES string of the molecule is Cl.N#CCc1ccc2sccc2c1. The van der Waals surface area contributed by atoms with Gasteiger partial charge in [-0.2, -0.15) is 5.26 Å². The second-order valence-electron chi connectivity index (χ2n) is 2.63. The highest BCUT2D eigenvalue weighted by atomic mass is 35.5. The summed E-state index contributed by atoms with van der Waals surface area (Å²) < 4.78 is 1.29. The Balaban J connectivity index is 0.000000845. The minimum atomic E-state index is 0. The monoisotopic (exact) mass is 209 g/mol. The van der Waals surface area contributed by atoms with Crippen LogP contribution in [0.5, 0.6) is 0 Å². The van der Waals surface area contributed by atoms with E-state index in [0.29, 0.717) is 6.42 Å². The van der Waals surface area contributed by atoms with E-state index in [-0.39, 0.29) is 12.4 Å². The van der Waals surface area contributed by atoms with Crippen molar-refractivity contribution in [2.45, 2.75) is 6.42 Å². The molecule has 0 saturated heterocycles. The third-order valence-electron chi connectivity index (χ3n) is 1.80. The highest BCUT2D eigenvalue weighted by molar-refractivity contribution is 7.17. The molecule has 0 spiro atoms. The van der Waals surface area contributed by atoms with Crippen molar-refractivity contribution >= 4 is 33.8 Å². The van der Waals surface area contributed by atoms with E-state index >= 15 is 0 Å². The van der Waals surface area contributed by atoms with E-state index in [9.17, 15) is 0 Å². The van der Waals surface area contributed by atoms with Gasteiger partial charge in [-0.05, 0) is 34.5 Å². The Labute approximate surface area is 87.0 Å². The van der Waals surface area contributed by atoms with Crippen molar-refractivity contribution in [3.63, 3.8) is 0 Å². The van der Waals surface area contributed by atoms with Crippen molar-refractivity contribution in [3.8, 4) is 6.07 Å². The van der Waals surface area contributed by atoms with Gasteiger partial charge in [0, 0.05) is 4.70 Å². The molecule has 0 aliphatic carbocycles. The van der Waals surface area contributed by atoms with E-state index in [2.05, 4.69) is 29.6 Å².